The number of methoxy groups -OCH3 is 1. The Labute approximate surface area is 202 Å². The largest absolute Gasteiger partial charge is 0.379 e. The summed E-state index contributed by atoms with van der Waals surface area (Å²) in [6.07, 6.45) is 8.75. The molecule has 2 fully saturated rings. The average Bonchev–Trinajstić information content (AvgIpc) is 3.62. The third-order valence-corrected chi connectivity index (χ3v) is 5.98. The minimum Gasteiger partial charge on any atom is -0.379 e. The standard InChI is InChI=1S/C15H13N7O.C5H10O2.C4H7F/c1-17-12-5-11(9-6-19-14-8(9)3-2-4-18-14)21-15-10(13(16)23)7-20-22(12)15;1-6-5-2-3-7-4-5;5-4-2-1-3-4/h2-7,17H,1H3,(H2,16,23)(H,18,19);5H,2-4H2,1H3;4H,1-3H2. The lowest BCUT2D eigenvalue weighted by atomic mass is 9.98. The van der Waals surface area contributed by atoms with E-state index in [1.807, 2.05) is 24.4 Å². The van der Waals surface area contributed by atoms with Gasteiger partial charge in [-0.25, -0.2) is 14.4 Å². The maximum absolute atomic E-state index is 11.6. The number of nitrogens with one attached hydrogen (secondary N) is 2. The van der Waals surface area contributed by atoms with Crippen molar-refractivity contribution in [2.24, 2.45) is 5.73 Å². The number of amides is 1. The Hall–Kier alpha value is -3.57. The third-order valence-electron chi connectivity index (χ3n) is 5.98. The number of aromatic nitrogens is 5. The highest BCUT2D eigenvalue weighted by atomic mass is 19.1. The van der Waals surface area contributed by atoms with Gasteiger partial charge in [0.25, 0.3) is 5.91 Å². The van der Waals surface area contributed by atoms with E-state index in [2.05, 4.69) is 25.4 Å². The minimum atomic E-state index is -0.563. The van der Waals surface area contributed by atoms with Crippen LogP contribution in [0.5, 0.6) is 0 Å². The number of rotatable bonds is 4. The van der Waals surface area contributed by atoms with E-state index in [1.165, 1.54) is 6.20 Å². The Morgan fingerprint density at radius 2 is 2.17 bits per heavy atom. The van der Waals surface area contributed by atoms with Crippen molar-refractivity contribution in [3.63, 3.8) is 0 Å². The first-order valence-electron chi connectivity index (χ1n) is 11.5. The van der Waals surface area contributed by atoms with Crippen molar-refractivity contribution >= 4 is 28.4 Å². The van der Waals surface area contributed by atoms with Crippen molar-refractivity contribution in [3.05, 3.63) is 42.4 Å². The van der Waals surface area contributed by atoms with E-state index in [-0.39, 0.29) is 5.56 Å². The molecule has 5 heterocycles. The van der Waals surface area contributed by atoms with Gasteiger partial charge in [0.15, 0.2) is 5.65 Å². The van der Waals surface area contributed by atoms with Gasteiger partial charge in [-0.15, -0.1) is 0 Å². The summed E-state index contributed by atoms with van der Waals surface area (Å²) >= 11 is 0. The van der Waals surface area contributed by atoms with Crippen LogP contribution in [0.2, 0.25) is 0 Å². The molecule has 4 aromatic heterocycles. The Bertz CT molecular complexity index is 1280. The second-order valence-corrected chi connectivity index (χ2v) is 8.29. The van der Waals surface area contributed by atoms with Crippen LogP contribution < -0.4 is 11.1 Å². The molecule has 4 N–H and O–H groups in total. The molecule has 1 aliphatic carbocycles. The van der Waals surface area contributed by atoms with Gasteiger partial charge in [-0.3, -0.25) is 4.79 Å². The molecule has 35 heavy (non-hydrogen) atoms. The van der Waals surface area contributed by atoms with E-state index in [1.54, 1.807) is 24.9 Å². The van der Waals surface area contributed by atoms with Crippen LogP contribution in [0.4, 0.5) is 10.2 Å². The van der Waals surface area contributed by atoms with E-state index in [0.29, 0.717) is 23.3 Å². The van der Waals surface area contributed by atoms with Gasteiger partial charge in [-0.05, 0) is 37.8 Å². The molecule has 4 aromatic rings. The number of carbonyl (C=O) groups is 1. The minimum absolute atomic E-state index is 0.279. The van der Waals surface area contributed by atoms with Gasteiger partial charge in [-0.2, -0.15) is 9.61 Å². The predicted molar refractivity (Wildman–Crippen MR) is 131 cm³/mol. The number of primary amides is 1. The lowest BCUT2D eigenvalue weighted by Gasteiger charge is -2.14. The zero-order valence-electron chi connectivity index (χ0n) is 19.8. The maximum atomic E-state index is 11.6. The summed E-state index contributed by atoms with van der Waals surface area (Å²) in [6, 6.07) is 5.69. The van der Waals surface area contributed by atoms with Gasteiger partial charge in [0, 0.05) is 50.2 Å². The first-order valence-corrected chi connectivity index (χ1v) is 11.5. The summed E-state index contributed by atoms with van der Waals surface area (Å²) in [6.45, 7) is 1.66. The van der Waals surface area contributed by atoms with Gasteiger partial charge in [0.05, 0.1) is 24.6 Å². The monoisotopic (exact) mass is 483 g/mol. The fraction of sp³-hybridized carbons (Fsp3) is 0.417. The number of hydrogen-bond acceptors (Lipinski definition) is 7. The number of aromatic amines is 1. The van der Waals surface area contributed by atoms with Crippen LogP contribution in [-0.4, -0.2) is 70.1 Å². The van der Waals surface area contributed by atoms with Crippen molar-refractivity contribution in [1.29, 1.82) is 0 Å². The van der Waals surface area contributed by atoms with E-state index < -0.39 is 12.1 Å². The molecule has 11 heteroatoms. The van der Waals surface area contributed by atoms with Crippen molar-refractivity contribution < 1.29 is 18.7 Å². The fourth-order valence-electron chi connectivity index (χ4n) is 3.68. The summed E-state index contributed by atoms with van der Waals surface area (Å²) in [4.78, 5) is 23.5. The normalized spacial score (nSPS) is 17.3. The van der Waals surface area contributed by atoms with E-state index >= 15 is 0 Å². The molecule has 1 unspecified atom stereocenters. The molecule has 0 aromatic carbocycles. The van der Waals surface area contributed by atoms with Crippen LogP contribution in [0.25, 0.3) is 27.9 Å². The van der Waals surface area contributed by atoms with E-state index in [4.69, 9.17) is 15.2 Å². The summed E-state index contributed by atoms with van der Waals surface area (Å²) in [5.74, 6) is 0.142. The molecular formula is C24H30FN7O3. The maximum Gasteiger partial charge on any atom is 0.254 e. The van der Waals surface area contributed by atoms with Crippen molar-refractivity contribution in [2.45, 2.75) is 38.0 Å². The fourth-order valence-corrected chi connectivity index (χ4v) is 3.68. The topological polar surface area (TPSA) is 132 Å². The Morgan fingerprint density at radius 1 is 1.37 bits per heavy atom. The molecule has 0 radical (unpaired) electrons. The van der Waals surface area contributed by atoms with Crippen LogP contribution in [0.15, 0.2) is 36.8 Å². The van der Waals surface area contributed by atoms with Gasteiger partial charge < -0.3 is 25.5 Å². The lowest BCUT2D eigenvalue weighted by Crippen LogP contribution is -2.11. The number of carbonyl (C=O) groups excluding carboxylic acids is 1. The first-order chi connectivity index (χ1) is 17.0. The number of hydrogen-bond donors (Lipinski definition) is 3. The molecule has 1 aliphatic heterocycles. The third kappa shape index (κ3) is 5.57. The van der Waals surface area contributed by atoms with E-state index in [0.717, 1.165) is 55.5 Å². The van der Waals surface area contributed by atoms with Gasteiger partial charge in [-0.1, -0.05) is 0 Å². The van der Waals surface area contributed by atoms with Crippen LogP contribution in [0.1, 0.15) is 36.0 Å². The Kier molecular flexibility index (Phi) is 7.88. The SMILES string of the molecule is CNc1cc(-c2c[nH]c3ncccc23)nc2c(C(N)=O)cnn12.COC1CCOC1.FC1CCC1. The van der Waals surface area contributed by atoms with Crippen LogP contribution in [0.3, 0.4) is 0 Å². The number of anilines is 1. The second-order valence-electron chi connectivity index (χ2n) is 8.29. The van der Waals surface area contributed by atoms with Crippen LogP contribution in [-0.2, 0) is 9.47 Å². The summed E-state index contributed by atoms with van der Waals surface area (Å²) in [5.41, 5.74) is 8.47. The number of nitrogens with zero attached hydrogens (tertiary/aromatic N) is 4. The number of pyridine rings is 1. The second kappa shape index (κ2) is 11.2. The number of nitrogens with two attached hydrogens (primary N) is 1. The van der Waals surface area contributed by atoms with Crippen molar-refractivity contribution in [1.82, 2.24) is 24.6 Å². The highest BCUT2D eigenvalue weighted by Gasteiger charge is 2.17. The molecule has 2 aliphatic rings. The smallest absolute Gasteiger partial charge is 0.254 e. The zero-order chi connectivity index (χ0) is 24.8. The lowest BCUT2D eigenvalue weighted by molar-refractivity contribution is 0.0822. The molecule has 186 valence electrons. The van der Waals surface area contributed by atoms with Gasteiger partial charge in [0.1, 0.15) is 23.2 Å². The van der Waals surface area contributed by atoms with Crippen LogP contribution in [0, 0.1) is 0 Å². The highest BCUT2D eigenvalue weighted by molar-refractivity contribution is 5.99. The number of halogens is 1. The quantitative estimate of drug-likeness (QED) is 0.405. The molecule has 10 nitrogen and oxygen atoms in total. The molecule has 0 spiro atoms. The van der Waals surface area contributed by atoms with Crippen molar-refractivity contribution in [3.8, 4) is 11.3 Å². The number of ether oxygens (including phenoxy) is 2. The van der Waals surface area contributed by atoms with E-state index in [9.17, 15) is 9.18 Å². The van der Waals surface area contributed by atoms with Gasteiger partial charge in [0.2, 0.25) is 0 Å². The molecule has 6 rings (SSSR count). The summed E-state index contributed by atoms with van der Waals surface area (Å²) < 4.78 is 23.1. The zero-order valence-corrected chi connectivity index (χ0v) is 19.8. The molecule has 0 bridgehead atoms. The molecule has 1 amide bonds. The number of H-pyrrole nitrogens is 1. The number of fused-ring (bicyclic) bond motifs is 2. The van der Waals surface area contributed by atoms with Gasteiger partial charge >= 0.3 is 0 Å². The number of alkyl halides is 1. The summed E-state index contributed by atoms with van der Waals surface area (Å²) in [7, 11) is 3.50. The summed E-state index contributed by atoms with van der Waals surface area (Å²) in [5, 5.41) is 8.17. The first kappa shape index (κ1) is 24.6. The molecule has 1 saturated carbocycles. The van der Waals surface area contributed by atoms with Crippen molar-refractivity contribution in [2.75, 3.05) is 32.7 Å². The molecule has 1 atom stereocenters. The Morgan fingerprint density at radius 3 is 2.74 bits per heavy atom. The van der Waals surface area contributed by atoms with Crippen LogP contribution >= 0.6 is 0 Å². The Balaban J connectivity index is 0.000000196. The molecular weight excluding hydrogens is 453 g/mol. The average molecular weight is 484 g/mol. The molecule has 1 saturated heterocycles. The highest BCUT2D eigenvalue weighted by Crippen LogP contribution is 2.29. The predicted octanol–water partition coefficient (Wildman–Crippen LogP) is 3.34.